The number of hydrogen-bond acceptors (Lipinski definition) is 3. The lowest BCUT2D eigenvalue weighted by Gasteiger charge is -2.19. The van der Waals surface area contributed by atoms with E-state index in [1.54, 1.807) is 4.90 Å². The van der Waals surface area contributed by atoms with Crippen LogP contribution in [0.25, 0.3) is 5.69 Å². The van der Waals surface area contributed by atoms with Gasteiger partial charge in [-0.3, -0.25) is 4.79 Å². The minimum absolute atomic E-state index is 0.0149. The average molecular weight is 313 g/mol. The lowest BCUT2D eigenvalue weighted by molar-refractivity contribution is 0.0701. The van der Waals surface area contributed by atoms with Crippen molar-refractivity contribution in [3.63, 3.8) is 0 Å². The highest BCUT2D eigenvalue weighted by Gasteiger charge is 2.33. The van der Waals surface area contributed by atoms with Gasteiger partial charge in [0.15, 0.2) is 5.69 Å². The predicted molar refractivity (Wildman–Crippen MR) is 88.9 cm³/mol. The van der Waals surface area contributed by atoms with E-state index in [1.807, 2.05) is 17.7 Å². The van der Waals surface area contributed by atoms with Crippen molar-refractivity contribution >= 4 is 5.91 Å². The first kappa shape index (κ1) is 15.7. The Morgan fingerprint density at radius 2 is 1.87 bits per heavy atom. The number of nitrogens with zero attached hydrogens (tertiary/aromatic N) is 3. The van der Waals surface area contributed by atoms with Gasteiger partial charge in [0.05, 0.1) is 12.3 Å². The third-order valence-electron chi connectivity index (χ3n) is 4.15. The Hall–Kier alpha value is -2.14. The van der Waals surface area contributed by atoms with Crippen LogP contribution in [0.4, 0.5) is 0 Å². The molecule has 1 aliphatic rings. The van der Waals surface area contributed by atoms with E-state index in [0.717, 1.165) is 24.2 Å². The third kappa shape index (κ3) is 3.29. The Balaban J connectivity index is 1.92. The van der Waals surface area contributed by atoms with Crippen LogP contribution in [-0.2, 0) is 0 Å². The molecule has 0 spiro atoms. The van der Waals surface area contributed by atoms with Crippen molar-refractivity contribution in [2.75, 3.05) is 13.2 Å². The van der Waals surface area contributed by atoms with Gasteiger partial charge < -0.3 is 10.0 Å². The number of aromatic nitrogens is 2. The van der Waals surface area contributed by atoms with Gasteiger partial charge in [0, 0.05) is 18.3 Å². The van der Waals surface area contributed by atoms with E-state index in [4.69, 9.17) is 0 Å². The third-order valence-corrected chi connectivity index (χ3v) is 4.15. The van der Waals surface area contributed by atoms with Crippen molar-refractivity contribution in [1.82, 2.24) is 14.7 Å². The summed E-state index contributed by atoms with van der Waals surface area (Å²) in [6.45, 7) is 6.42. The van der Waals surface area contributed by atoms with Crippen molar-refractivity contribution in [3.8, 4) is 5.69 Å². The van der Waals surface area contributed by atoms with E-state index in [-0.39, 0.29) is 18.6 Å². The molecule has 1 N–H and O–H groups in total. The maximum absolute atomic E-state index is 12.7. The van der Waals surface area contributed by atoms with Crippen LogP contribution in [0.15, 0.2) is 24.3 Å². The molecule has 1 aromatic carbocycles. The molecular formula is C18H23N3O2. The number of amides is 1. The van der Waals surface area contributed by atoms with Crippen LogP contribution < -0.4 is 0 Å². The summed E-state index contributed by atoms with van der Waals surface area (Å²) in [6.07, 6.45) is 2.03. The summed E-state index contributed by atoms with van der Waals surface area (Å²) in [5.74, 6) is -0.0900. The van der Waals surface area contributed by atoms with Crippen molar-refractivity contribution in [1.29, 1.82) is 0 Å². The van der Waals surface area contributed by atoms with Crippen LogP contribution in [0.2, 0.25) is 0 Å². The molecule has 0 radical (unpaired) electrons. The molecule has 0 unspecified atom stereocenters. The van der Waals surface area contributed by atoms with Crippen molar-refractivity contribution in [2.45, 2.75) is 39.7 Å². The molecule has 5 nitrogen and oxygen atoms in total. The smallest absolute Gasteiger partial charge is 0.274 e. The number of aryl methyl sites for hydroxylation is 3. The Bertz CT molecular complexity index is 712. The van der Waals surface area contributed by atoms with E-state index < -0.39 is 0 Å². The van der Waals surface area contributed by atoms with E-state index in [0.29, 0.717) is 12.2 Å². The van der Waals surface area contributed by atoms with Crippen molar-refractivity contribution in [3.05, 3.63) is 46.8 Å². The van der Waals surface area contributed by atoms with Gasteiger partial charge in [0.2, 0.25) is 0 Å². The van der Waals surface area contributed by atoms with Gasteiger partial charge in [-0.1, -0.05) is 6.07 Å². The summed E-state index contributed by atoms with van der Waals surface area (Å²) in [6, 6.07) is 8.33. The summed E-state index contributed by atoms with van der Waals surface area (Å²) in [5, 5.41) is 13.7. The number of aliphatic hydroxyl groups excluding tert-OH is 1. The molecule has 1 amide bonds. The van der Waals surface area contributed by atoms with Gasteiger partial charge in [-0.05, 0) is 62.9 Å². The van der Waals surface area contributed by atoms with E-state index in [9.17, 15) is 9.90 Å². The summed E-state index contributed by atoms with van der Waals surface area (Å²) in [5.41, 5.74) is 4.68. The molecule has 1 heterocycles. The van der Waals surface area contributed by atoms with Crippen LogP contribution in [-0.4, -0.2) is 44.9 Å². The van der Waals surface area contributed by atoms with Gasteiger partial charge >= 0.3 is 0 Å². The molecule has 0 atom stereocenters. The Morgan fingerprint density at radius 3 is 2.43 bits per heavy atom. The molecule has 0 aliphatic heterocycles. The summed E-state index contributed by atoms with van der Waals surface area (Å²) < 4.78 is 1.82. The summed E-state index contributed by atoms with van der Waals surface area (Å²) in [7, 11) is 0. The van der Waals surface area contributed by atoms with Gasteiger partial charge in [0.1, 0.15) is 0 Å². The number of carbonyl (C=O) groups excluding carboxylic acids is 1. The zero-order chi connectivity index (χ0) is 16.6. The minimum Gasteiger partial charge on any atom is -0.395 e. The molecule has 0 bridgehead atoms. The number of rotatable bonds is 5. The first-order valence-corrected chi connectivity index (χ1v) is 8.07. The van der Waals surface area contributed by atoms with Crippen LogP contribution in [0.5, 0.6) is 0 Å². The van der Waals surface area contributed by atoms with Crippen LogP contribution >= 0.6 is 0 Å². The Kier molecular flexibility index (Phi) is 4.22. The number of benzene rings is 1. The second-order valence-corrected chi connectivity index (χ2v) is 6.38. The van der Waals surface area contributed by atoms with E-state index >= 15 is 0 Å². The molecule has 1 aliphatic carbocycles. The van der Waals surface area contributed by atoms with Crippen LogP contribution in [0, 0.1) is 20.8 Å². The highest BCUT2D eigenvalue weighted by molar-refractivity contribution is 5.93. The minimum atomic E-state index is -0.0900. The zero-order valence-corrected chi connectivity index (χ0v) is 13.9. The second kappa shape index (κ2) is 6.16. The number of carbonyl (C=O) groups is 1. The average Bonchev–Trinajstić information content (AvgIpc) is 3.25. The molecule has 1 aromatic heterocycles. The molecule has 2 aromatic rings. The highest BCUT2D eigenvalue weighted by Crippen LogP contribution is 2.28. The summed E-state index contributed by atoms with van der Waals surface area (Å²) in [4.78, 5) is 14.4. The monoisotopic (exact) mass is 313 g/mol. The predicted octanol–water partition coefficient (Wildman–Crippen LogP) is 2.39. The van der Waals surface area contributed by atoms with Crippen molar-refractivity contribution < 1.29 is 9.90 Å². The summed E-state index contributed by atoms with van der Waals surface area (Å²) >= 11 is 0. The van der Waals surface area contributed by atoms with Gasteiger partial charge in [-0.2, -0.15) is 5.10 Å². The highest BCUT2D eigenvalue weighted by atomic mass is 16.3. The fraction of sp³-hybridized carbons (Fsp3) is 0.444. The van der Waals surface area contributed by atoms with Gasteiger partial charge in [-0.15, -0.1) is 0 Å². The second-order valence-electron chi connectivity index (χ2n) is 6.38. The number of hydrogen-bond donors (Lipinski definition) is 1. The first-order valence-electron chi connectivity index (χ1n) is 8.07. The quantitative estimate of drug-likeness (QED) is 0.922. The van der Waals surface area contributed by atoms with Gasteiger partial charge in [-0.25, -0.2) is 4.68 Å². The van der Waals surface area contributed by atoms with E-state index in [2.05, 4.69) is 37.1 Å². The molecule has 122 valence electrons. The topological polar surface area (TPSA) is 58.4 Å². The molecule has 1 saturated carbocycles. The lowest BCUT2D eigenvalue weighted by atomic mass is 10.1. The molecule has 1 fully saturated rings. The molecular weight excluding hydrogens is 290 g/mol. The maximum atomic E-state index is 12.7. The maximum Gasteiger partial charge on any atom is 0.274 e. The fourth-order valence-corrected chi connectivity index (χ4v) is 3.00. The normalized spacial score (nSPS) is 14.1. The van der Waals surface area contributed by atoms with Crippen LogP contribution in [0.1, 0.15) is 40.2 Å². The SMILES string of the molecule is Cc1cc(C)cc(-n2nc(C(=O)N(CCO)C3CC3)cc2C)c1. The molecule has 3 rings (SSSR count). The largest absolute Gasteiger partial charge is 0.395 e. The standard InChI is InChI=1S/C18H23N3O2/c1-12-8-13(2)10-16(9-12)21-14(3)11-17(19-21)18(23)20(6-7-22)15-4-5-15/h8-11,15,22H,4-7H2,1-3H3. The molecule has 5 heteroatoms. The number of aliphatic hydroxyl groups is 1. The van der Waals surface area contributed by atoms with Crippen molar-refractivity contribution in [2.24, 2.45) is 0 Å². The molecule has 0 saturated heterocycles. The lowest BCUT2D eigenvalue weighted by Crippen LogP contribution is -2.35. The fourth-order valence-electron chi connectivity index (χ4n) is 3.00. The van der Waals surface area contributed by atoms with Gasteiger partial charge in [0.25, 0.3) is 5.91 Å². The zero-order valence-electron chi connectivity index (χ0n) is 13.9. The Labute approximate surface area is 136 Å². The Morgan fingerprint density at radius 1 is 1.22 bits per heavy atom. The van der Waals surface area contributed by atoms with Crippen LogP contribution in [0.3, 0.4) is 0 Å². The first-order chi connectivity index (χ1) is 11.0. The van der Waals surface area contributed by atoms with E-state index in [1.165, 1.54) is 11.1 Å². The molecule has 23 heavy (non-hydrogen) atoms.